The fourth-order valence-electron chi connectivity index (χ4n) is 3.78. The largest absolute Gasteiger partial charge is 0.484 e. The molecule has 0 aliphatic carbocycles. The van der Waals surface area contributed by atoms with Gasteiger partial charge in [-0.1, -0.05) is 0 Å². The Kier molecular flexibility index (Phi) is 4.21. The molecule has 1 aromatic carbocycles. The van der Waals surface area contributed by atoms with Gasteiger partial charge in [0.25, 0.3) is 11.5 Å². The summed E-state index contributed by atoms with van der Waals surface area (Å²) < 4.78 is 30.4. The highest BCUT2D eigenvalue weighted by Crippen LogP contribution is 2.23. The number of amides is 1. The first kappa shape index (κ1) is 18.0. The van der Waals surface area contributed by atoms with E-state index in [2.05, 4.69) is 10.3 Å². The molecule has 1 N–H and O–H groups in total. The zero-order chi connectivity index (χ0) is 19.2. The Labute approximate surface area is 156 Å². The standard InChI is InChI=1S/C18H21N3O5S/c1-18(6-8-27(24,25)11-18)20-16(22)10-26-12-4-5-14-13(9-12)17(23)21-7-2-3-15(21)19-14/h4-5,9H,2-3,6-8,10-11H2,1H3,(H,20,22). The van der Waals surface area contributed by atoms with Gasteiger partial charge in [-0.05, 0) is 38.0 Å². The van der Waals surface area contributed by atoms with Gasteiger partial charge in [-0.3, -0.25) is 14.2 Å². The molecule has 1 saturated heterocycles. The van der Waals surface area contributed by atoms with E-state index in [0.29, 0.717) is 29.6 Å². The smallest absolute Gasteiger partial charge is 0.261 e. The minimum atomic E-state index is -3.10. The summed E-state index contributed by atoms with van der Waals surface area (Å²) in [5.74, 6) is 0.837. The second-order valence-corrected chi connectivity index (χ2v) is 9.69. The van der Waals surface area contributed by atoms with E-state index < -0.39 is 21.3 Å². The van der Waals surface area contributed by atoms with Crippen LogP contribution in [0.3, 0.4) is 0 Å². The average Bonchev–Trinajstić information content (AvgIpc) is 3.17. The molecule has 9 heteroatoms. The van der Waals surface area contributed by atoms with Crippen LogP contribution in [-0.2, 0) is 27.6 Å². The number of sulfone groups is 1. The number of aryl methyl sites for hydroxylation is 1. The van der Waals surface area contributed by atoms with Crippen LogP contribution in [0.15, 0.2) is 23.0 Å². The fraction of sp³-hybridized carbons (Fsp3) is 0.500. The van der Waals surface area contributed by atoms with Crippen molar-refractivity contribution in [3.63, 3.8) is 0 Å². The zero-order valence-electron chi connectivity index (χ0n) is 15.0. The van der Waals surface area contributed by atoms with Crippen LogP contribution >= 0.6 is 0 Å². The number of benzene rings is 1. The lowest BCUT2D eigenvalue weighted by atomic mass is 10.0. The van der Waals surface area contributed by atoms with Gasteiger partial charge >= 0.3 is 0 Å². The summed E-state index contributed by atoms with van der Waals surface area (Å²) >= 11 is 0. The molecular formula is C18H21N3O5S. The molecule has 0 saturated carbocycles. The Morgan fingerprint density at radius 1 is 1.41 bits per heavy atom. The third-order valence-electron chi connectivity index (χ3n) is 5.10. The molecule has 1 unspecified atom stereocenters. The molecule has 3 heterocycles. The molecule has 1 atom stereocenters. The summed E-state index contributed by atoms with van der Waals surface area (Å²) in [7, 11) is -3.10. The maximum absolute atomic E-state index is 12.6. The number of nitrogens with zero attached hydrogens (tertiary/aromatic N) is 2. The molecule has 2 aromatic rings. The van der Waals surface area contributed by atoms with Crippen LogP contribution in [0.1, 0.15) is 25.6 Å². The minimum Gasteiger partial charge on any atom is -0.484 e. The van der Waals surface area contributed by atoms with E-state index in [1.807, 2.05) is 0 Å². The SMILES string of the molecule is CC1(NC(=O)COc2ccc3nc4n(c(=O)c3c2)CCC4)CCS(=O)(=O)C1. The van der Waals surface area contributed by atoms with Crippen molar-refractivity contribution < 1.29 is 17.9 Å². The molecule has 2 aliphatic rings. The van der Waals surface area contributed by atoms with Gasteiger partial charge in [0.1, 0.15) is 11.6 Å². The highest BCUT2D eigenvalue weighted by atomic mass is 32.2. The summed E-state index contributed by atoms with van der Waals surface area (Å²) in [5.41, 5.74) is -0.230. The van der Waals surface area contributed by atoms with Crippen LogP contribution in [0, 0.1) is 0 Å². The molecule has 1 aromatic heterocycles. The van der Waals surface area contributed by atoms with E-state index >= 15 is 0 Å². The predicted molar refractivity (Wildman–Crippen MR) is 99.6 cm³/mol. The van der Waals surface area contributed by atoms with E-state index in [-0.39, 0.29) is 23.7 Å². The lowest BCUT2D eigenvalue weighted by Gasteiger charge is -2.23. The van der Waals surface area contributed by atoms with E-state index in [9.17, 15) is 18.0 Å². The number of fused-ring (bicyclic) bond motifs is 2. The molecular weight excluding hydrogens is 370 g/mol. The van der Waals surface area contributed by atoms with Crippen LogP contribution in [0.5, 0.6) is 5.75 Å². The van der Waals surface area contributed by atoms with Gasteiger partial charge in [0.2, 0.25) is 0 Å². The van der Waals surface area contributed by atoms with Gasteiger partial charge in [-0.25, -0.2) is 13.4 Å². The summed E-state index contributed by atoms with van der Waals surface area (Å²) in [5, 5.41) is 3.21. The Bertz CT molecular complexity index is 1090. The van der Waals surface area contributed by atoms with Crippen molar-refractivity contribution in [2.24, 2.45) is 0 Å². The van der Waals surface area contributed by atoms with Gasteiger partial charge in [0.15, 0.2) is 16.4 Å². The maximum atomic E-state index is 12.6. The second kappa shape index (κ2) is 6.33. The number of ether oxygens (including phenoxy) is 1. The molecule has 1 fully saturated rings. The highest BCUT2D eigenvalue weighted by Gasteiger charge is 2.39. The van der Waals surface area contributed by atoms with Gasteiger partial charge in [-0.2, -0.15) is 0 Å². The van der Waals surface area contributed by atoms with Crippen molar-refractivity contribution in [2.45, 2.75) is 38.3 Å². The van der Waals surface area contributed by atoms with E-state index in [4.69, 9.17) is 4.74 Å². The number of hydrogen-bond acceptors (Lipinski definition) is 6. The van der Waals surface area contributed by atoms with Crippen LogP contribution < -0.4 is 15.6 Å². The molecule has 0 bridgehead atoms. The minimum absolute atomic E-state index is 0.0603. The molecule has 4 rings (SSSR count). The van der Waals surface area contributed by atoms with Crippen LogP contribution in [-0.4, -0.2) is 47.5 Å². The predicted octanol–water partition coefficient (Wildman–Crippen LogP) is 0.415. The summed E-state index contributed by atoms with van der Waals surface area (Å²) in [4.78, 5) is 29.3. The molecule has 8 nitrogen and oxygen atoms in total. The maximum Gasteiger partial charge on any atom is 0.261 e. The summed E-state index contributed by atoms with van der Waals surface area (Å²) in [6.07, 6.45) is 2.11. The van der Waals surface area contributed by atoms with Crippen molar-refractivity contribution in [1.29, 1.82) is 0 Å². The van der Waals surface area contributed by atoms with Gasteiger partial charge in [0.05, 0.1) is 27.9 Å². The van der Waals surface area contributed by atoms with Crippen molar-refractivity contribution in [3.05, 3.63) is 34.4 Å². The highest BCUT2D eigenvalue weighted by molar-refractivity contribution is 7.91. The molecule has 0 radical (unpaired) electrons. The van der Waals surface area contributed by atoms with Gasteiger partial charge in [0, 0.05) is 13.0 Å². The number of carbonyl (C=O) groups excluding carboxylic acids is 1. The number of nitrogens with one attached hydrogen (secondary N) is 1. The normalized spacial score (nSPS) is 23.3. The molecule has 1 amide bonds. The monoisotopic (exact) mass is 391 g/mol. The Morgan fingerprint density at radius 3 is 2.96 bits per heavy atom. The Morgan fingerprint density at radius 2 is 2.22 bits per heavy atom. The van der Waals surface area contributed by atoms with Crippen LogP contribution in [0.2, 0.25) is 0 Å². The van der Waals surface area contributed by atoms with Crippen molar-refractivity contribution in [2.75, 3.05) is 18.1 Å². The topological polar surface area (TPSA) is 107 Å². The molecule has 0 spiro atoms. The first-order valence-corrected chi connectivity index (χ1v) is 10.7. The van der Waals surface area contributed by atoms with Crippen LogP contribution in [0.25, 0.3) is 10.9 Å². The van der Waals surface area contributed by atoms with Gasteiger partial charge < -0.3 is 10.1 Å². The molecule has 144 valence electrons. The third-order valence-corrected chi connectivity index (χ3v) is 7.00. The van der Waals surface area contributed by atoms with Crippen molar-refractivity contribution >= 4 is 26.6 Å². The molecule has 27 heavy (non-hydrogen) atoms. The first-order valence-electron chi connectivity index (χ1n) is 8.92. The van der Waals surface area contributed by atoms with Crippen LogP contribution in [0.4, 0.5) is 0 Å². The number of carbonyl (C=O) groups is 1. The number of rotatable bonds is 4. The van der Waals surface area contributed by atoms with Gasteiger partial charge in [-0.15, -0.1) is 0 Å². The van der Waals surface area contributed by atoms with E-state index in [1.165, 1.54) is 0 Å². The average molecular weight is 391 g/mol. The second-order valence-electron chi connectivity index (χ2n) is 7.51. The number of hydrogen-bond donors (Lipinski definition) is 1. The number of aromatic nitrogens is 2. The molecule has 2 aliphatic heterocycles. The Balaban J connectivity index is 1.46. The third kappa shape index (κ3) is 3.55. The lowest BCUT2D eigenvalue weighted by molar-refractivity contribution is -0.124. The fourth-order valence-corrected chi connectivity index (χ4v) is 5.88. The van der Waals surface area contributed by atoms with Crippen molar-refractivity contribution in [3.8, 4) is 5.75 Å². The van der Waals surface area contributed by atoms with E-state index in [0.717, 1.165) is 18.7 Å². The zero-order valence-corrected chi connectivity index (χ0v) is 15.8. The Hall–Kier alpha value is -2.42. The summed E-state index contributed by atoms with van der Waals surface area (Å²) in [6, 6.07) is 5.00. The lowest BCUT2D eigenvalue weighted by Crippen LogP contribution is -2.48. The van der Waals surface area contributed by atoms with Crippen molar-refractivity contribution in [1.82, 2.24) is 14.9 Å². The quantitative estimate of drug-likeness (QED) is 0.809. The first-order chi connectivity index (χ1) is 12.7. The van der Waals surface area contributed by atoms with E-state index in [1.54, 1.807) is 29.7 Å². The summed E-state index contributed by atoms with van der Waals surface area (Å²) in [6.45, 7) is 2.14.